The quantitative estimate of drug-likeness (QED) is 0.263. The third-order valence-corrected chi connectivity index (χ3v) is 12.2. The molecule has 0 bridgehead atoms. The molecule has 2 amide bonds. The summed E-state index contributed by atoms with van der Waals surface area (Å²) in [6, 6.07) is 7.68. The fraction of sp³-hybridized carbons (Fsp3) is 0.765. The van der Waals surface area contributed by atoms with Crippen LogP contribution in [0.15, 0.2) is 30.3 Å². The number of benzene rings is 1. The molecule has 10 heteroatoms. The molecule has 1 aliphatic heterocycles. The summed E-state index contributed by atoms with van der Waals surface area (Å²) < 4.78 is 24.3. The second-order valence-corrected chi connectivity index (χ2v) is 17.9. The first-order chi connectivity index (χ1) is 20.5. The molecule has 0 aromatic heterocycles. The van der Waals surface area contributed by atoms with Gasteiger partial charge < -0.3 is 21.1 Å². The molecule has 44 heavy (non-hydrogen) atoms. The number of piperidine rings is 1. The van der Waals surface area contributed by atoms with E-state index in [2.05, 4.69) is 20.9 Å². The lowest BCUT2D eigenvalue weighted by molar-refractivity contribution is -0.133. The van der Waals surface area contributed by atoms with Crippen molar-refractivity contribution in [2.45, 2.75) is 121 Å². The van der Waals surface area contributed by atoms with E-state index in [1.54, 1.807) is 13.8 Å². The zero-order valence-corrected chi connectivity index (χ0v) is 28.5. The van der Waals surface area contributed by atoms with E-state index in [9.17, 15) is 23.1 Å². The molecule has 1 aromatic carbocycles. The SMILES string of the molecule is CC(C)(C)NC(=O)C1C[C@@H]2CCCC[C@@H]2CN1CC(O)C(Cc1ccccc1)NC(=O)[C@@H](NCC1CC1)C(C)(C)S(C)(=O)=O. The molecule has 1 heterocycles. The van der Waals surface area contributed by atoms with Crippen LogP contribution in [0.5, 0.6) is 0 Å². The highest BCUT2D eigenvalue weighted by Gasteiger charge is 2.45. The molecule has 9 nitrogen and oxygen atoms in total. The molecule has 1 saturated heterocycles. The molecule has 3 aliphatic rings. The molecule has 3 unspecified atom stereocenters. The molecular formula is C34H56N4O5S. The Morgan fingerprint density at radius 1 is 1.00 bits per heavy atom. The van der Waals surface area contributed by atoms with Crippen molar-refractivity contribution < 1.29 is 23.1 Å². The molecule has 0 spiro atoms. The fourth-order valence-electron chi connectivity index (χ4n) is 6.89. The van der Waals surface area contributed by atoms with Crippen molar-refractivity contribution in [3.63, 3.8) is 0 Å². The topological polar surface area (TPSA) is 128 Å². The fourth-order valence-corrected chi connectivity index (χ4v) is 7.51. The number of fused-ring (bicyclic) bond motifs is 1. The third kappa shape index (κ3) is 9.27. The number of aliphatic hydroxyl groups excluding tert-OH is 1. The molecule has 6 atom stereocenters. The summed E-state index contributed by atoms with van der Waals surface area (Å²) in [5, 5.41) is 21.3. The average Bonchev–Trinajstić information content (AvgIpc) is 3.76. The standard InChI is InChI=1S/C34H56N4O5S/c1-33(2,3)37-31(40)28-19-25-14-10-11-15-26(25)21-38(28)22-29(39)27(18-23-12-8-7-9-13-23)36-32(41)30(35-20-24-16-17-24)34(4,5)44(6,42)43/h7-9,12-13,24-30,35,39H,10-11,14-22H2,1-6H3,(H,36,41)(H,37,40)/t25-,26+,27?,28?,29?,30+/m0/s1. The number of likely N-dealkylation sites (tertiary alicyclic amines) is 1. The van der Waals surface area contributed by atoms with E-state index in [-0.39, 0.29) is 24.0 Å². The lowest BCUT2D eigenvalue weighted by Gasteiger charge is -2.47. The van der Waals surface area contributed by atoms with Crippen LogP contribution in [0, 0.1) is 17.8 Å². The van der Waals surface area contributed by atoms with Crippen LogP contribution >= 0.6 is 0 Å². The summed E-state index contributed by atoms with van der Waals surface area (Å²) in [4.78, 5) is 29.7. The second kappa shape index (κ2) is 14.2. The summed E-state index contributed by atoms with van der Waals surface area (Å²) in [5.74, 6) is 0.989. The van der Waals surface area contributed by atoms with Gasteiger partial charge in [-0.25, -0.2) is 8.42 Å². The van der Waals surface area contributed by atoms with Gasteiger partial charge in [-0.05, 0) is 96.6 Å². The second-order valence-electron chi connectivity index (χ2n) is 15.3. The highest BCUT2D eigenvalue weighted by molar-refractivity contribution is 7.92. The van der Waals surface area contributed by atoms with Crippen molar-refractivity contribution in [1.82, 2.24) is 20.9 Å². The molecule has 2 aliphatic carbocycles. The van der Waals surface area contributed by atoms with Gasteiger partial charge >= 0.3 is 0 Å². The van der Waals surface area contributed by atoms with E-state index in [0.717, 1.165) is 44.2 Å². The molecule has 3 fully saturated rings. The number of β-amino-alcohol motifs (C(OH)–C–C–N with tert-alkyl or cyclic N) is 1. The number of sulfone groups is 1. The van der Waals surface area contributed by atoms with E-state index in [4.69, 9.17) is 0 Å². The minimum atomic E-state index is -3.59. The molecule has 4 rings (SSSR count). The van der Waals surface area contributed by atoms with Gasteiger partial charge in [-0.2, -0.15) is 0 Å². The Hall–Kier alpha value is -2.01. The minimum Gasteiger partial charge on any atom is -0.390 e. The molecule has 4 N–H and O–H groups in total. The number of rotatable bonds is 13. The Bertz CT molecular complexity index is 1230. The Labute approximate surface area is 265 Å². The molecule has 248 valence electrons. The number of amides is 2. The Morgan fingerprint density at radius 2 is 1.64 bits per heavy atom. The Kier molecular flexibility index (Phi) is 11.2. The lowest BCUT2D eigenvalue weighted by atomic mass is 9.72. The van der Waals surface area contributed by atoms with Crippen molar-refractivity contribution in [3.8, 4) is 0 Å². The predicted octanol–water partition coefficient (Wildman–Crippen LogP) is 3.06. The first-order valence-corrected chi connectivity index (χ1v) is 18.5. The number of hydrogen-bond acceptors (Lipinski definition) is 7. The maximum atomic E-state index is 14.0. The maximum Gasteiger partial charge on any atom is 0.239 e. The summed E-state index contributed by atoms with van der Waals surface area (Å²) in [6.45, 7) is 10.7. The van der Waals surface area contributed by atoms with Gasteiger partial charge in [0.2, 0.25) is 11.8 Å². The normalized spacial score (nSPS) is 25.4. The predicted molar refractivity (Wildman–Crippen MR) is 175 cm³/mol. The number of nitrogens with one attached hydrogen (secondary N) is 3. The third-order valence-electron chi connectivity index (χ3n) is 10.0. The van der Waals surface area contributed by atoms with Crippen molar-refractivity contribution in [1.29, 1.82) is 0 Å². The number of aliphatic hydroxyl groups is 1. The van der Waals surface area contributed by atoms with Gasteiger partial charge in [-0.1, -0.05) is 49.6 Å². The number of hydrogen-bond donors (Lipinski definition) is 4. The van der Waals surface area contributed by atoms with Gasteiger partial charge in [0.1, 0.15) is 6.04 Å². The van der Waals surface area contributed by atoms with Crippen LogP contribution in [0.25, 0.3) is 0 Å². The molecule has 1 aromatic rings. The summed E-state index contributed by atoms with van der Waals surface area (Å²) in [5.41, 5.74) is 0.582. The average molecular weight is 633 g/mol. The number of carbonyl (C=O) groups excluding carboxylic acids is 2. The van der Waals surface area contributed by atoms with Crippen LogP contribution in [0.4, 0.5) is 0 Å². The number of carbonyl (C=O) groups is 2. The van der Waals surface area contributed by atoms with Gasteiger partial charge in [0.05, 0.1) is 22.9 Å². The van der Waals surface area contributed by atoms with Crippen LogP contribution in [0.2, 0.25) is 0 Å². The monoisotopic (exact) mass is 632 g/mol. The minimum absolute atomic E-state index is 0.0170. The van der Waals surface area contributed by atoms with E-state index in [1.807, 2.05) is 51.1 Å². The summed E-state index contributed by atoms with van der Waals surface area (Å²) in [6.07, 6.45) is 8.12. The van der Waals surface area contributed by atoms with Crippen molar-refractivity contribution >= 4 is 21.7 Å². The van der Waals surface area contributed by atoms with Crippen LogP contribution in [0.1, 0.15) is 85.1 Å². The van der Waals surface area contributed by atoms with Crippen LogP contribution in [-0.4, -0.2) is 90.6 Å². The zero-order valence-electron chi connectivity index (χ0n) is 27.6. The Balaban J connectivity index is 1.57. The van der Waals surface area contributed by atoms with Crippen LogP contribution < -0.4 is 16.0 Å². The number of nitrogens with zero attached hydrogens (tertiary/aromatic N) is 1. The zero-order chi connectivity index (χ0) is 32.3. The molecule has 0 radical (unpaired) electrons. The van der Waals surface area contributed by atoms with Crippen molar-refractivity contribution in [3.05, 3.63) is 35.9 Å². The van der Waals surface area contributed by atoms with E-state index < -0.39 is 38.7 Å². The van der Waals surface area contributed by atoms with E-state index >= 15 is 0 Å². The summed E-state index contributed by atoms with van der Waals surface area (Å²) in [7, 11) is -3.59. The van der Waals surface area contributed by atoms with Crippen LogP contribution in [-0.2, 0) is 25.8 Å². The van der Waals surface area contributed by atoms with E-state index in [1.165, 1.54) is 19.1 Å². The van der Waals surface area contributed by atoms with Crippen molar-refractivity contribution in [2.24, 2.45) is 17.8 Å². The first kappa shape index (κ1) is 34.9. The first-order valence-electron chi connectivity index (χ1n) is 16.6. The maximum absolute atomic E-state index is 14.0. The highest BCUT2D eigenvalue weighted by Crippen LogP contribution is 2.39. The van der Waals surface area contributed by atoms with E-state index in [0.29, 0.717) is 30.7 Å². The van der Waals surface area contributed by atoms with Gasteiger partial charge in [-0.15, -0.1) is 0 Å². The van der Waals surface area contributed by atoms with Crippen LogP contribution in [0.3, 0.4) is 0 Å². The molecule has 2 saturated carbocycles. The highest BCUT2D eigenvalue weighted by atomic mass is 32.2. The van der Waals surface area contributed by atoms with Gasteiger partial charge in [-0.3, -0.25) is 14.5 Å². The lowest BCUT2D eigenvalue weighted by Crippen LogP contribution is -2.63. The van der Waals surface area contributed by atoms with Gasteiger partial charge in [0.15, 0.2) is 9.84 Å². The smallest absolute Gasteiger partial charge is 0.239 e. The molecular weight excluding hydrogens is 576 g/mol. The Morgan fingerprint density at radius 3 is 2.23 bits per heavy atom. The van der Waals surface area contributed by atoms with Gasteiger partial charge in [0, 0.05) is 24.9 Å². The largest absolute Gasteiger partial charge is 0.390 e. The summed E-state index contributed by atoms with van der Waals surface area (Å²) >= 11 is 0. The van der Waals surface area contributed by atoms with Crippen molar-refractivity contribution in [2.75, 3.05) is 25.9 Å². The van der Waals surface area contributed by atoms with Gasteiger partial charge in [0.25, 0.3) is 0 Å².